The van der Waals surface area contributed by atoms with Gasteiger partial charge in [-0.1, -0.05) is 18.2 Å². The molecule has 0 amide bonds. The van der Waals surface area contributed by atoms with Crippen molar-refractivity contribution < 1.29 is 4.74 Å². The average molecular weight is 279 g/mol. The van der Waals surface area contributed by atoms with Crippen molar-refractivity contribution in [3.05, 3.63) is 66.4 Å². The van der Waals surface area contributed by atoms with Crippen LogP contribution in [0.4, 0.5) is 0 Å². The molecule has 2 aromatic carbocycles. The first-order chi connectivity index (χ1) is 10.3. The van der Waals surface area contributed by atoms with Gasteiger partial charge in [0.05, 0.1) is 18.5 Å². The number of para-hydroxylation sites is 1. The van der Waals surface area contributed by atoms with Crippen molar-refractivity contribution in [1.82, 2.24) is 9.78 Å². The summed E-state index contributed by atoms with van der Waals surface area (Å²) in [5, 5.41) is 4.67. The fourth-order valence-electron chi connectivity index (χ4n) is 2.26. The second-order valence-electron chi connectivity index (χ2n) is 4.72. The van der Waals surface area contributed by atoms with Crippen LogP contribution in [0.2, 0.25) is 0 Å². The smallest absolute Gasteiger partial charge is 0.118 e. The zero-order chi connectivity index (χ0) is 14.7. The second kappa shape index (κ2) is 5.81. The molecule has 0 bridgehead atoms. The van der Waals surface area contributed by atoms with Gasteiger partial charge in [0.25, 0.3) is 0 Å². The number of hydrogen-bond acceptors (Lipinski definition) is 3. The Morgan fingerprint density at radius 1 is 1.05 bits per heavy atom. The fourth-order valence-corrected chi connectivity index (χ4v) is 2.26. The summed E-state index contributed by atoms with van der Waals surface area (Å²) in [6.45, 7) is 0.453. The highest BCUT2D eigenvalue weighted by Gasteiger charge is 2.11. The zero-order valence-electron chi connectivity index (χ0n) is 11.9. The maximum absolute atomic E-state index is 5.86. The lowest BCUT2D eigenvalue weighted by Crippen LogP contribution is -1.96. The van der Waals surface area contributed by atoms with Crippen LogP contribution >= 0.6 is 0 Å². The molecule has 0 saturated carbocycles. The van der Waals surface area contributed by atoms with Crippen LogP contribution in [0.1, 0.15) is 5.56 Å². The first kappa shape index (κ1) is 13.4. The van der Waals surface area contributed by atoms with Gasteiger partial charge in [0.15, 0.2) is 0 Å². The number of aromatic nitrogens is 2. The fraction of sp³-hybridized carbons (Fsp3) is 0.118. The van der Waals surface area contributed by atoms with E-state index in [2.05, 4.69) is 5.10 Å². The first-order valence-corrected chi connectivity index (χ1v) is 6.80. The standard InChI is InChI=1S/C17H17N3O/c1-21-16-9-7-13(8-10-16)17-14(11-18)12-20(19-17)15-5-3-2-4-6-15/h2-10,12H,11,18H2,1H3. The largest absolute Gasteiger partial charge is 0.497 e. The second-order valence-corrected chi connectivity index (χ2v) is 4.72. The van der Waals surface area contributed by atoms with E-state index in [0.29, 0.717) is 6.54 Å². The van der Waals surface area contributed by atoms with Gasteiger partial charge < -0.3 is 10.5 Å². The van der Waals surface area contributed by atoms with E-state index in [4.69, 9.17) is 10.5 Å². The molecule has 3 aromatic rings. The minimum Gasteiger partial charge on any atom is -0.497 e. The van der Waals surface area contributed by atoms with Gasteiger partial charge in [0.2, 0.25) is 0 Å². The maximum atomic E-state index is 5.86. The highest BCUT2D eigenvalue weighted by Crippen LogP contribution is 2.25. The van der Waals surface area contributed by atoms with Crippen LogP contribution < -0.4 is 10.5 Å². The molecule has 2 N–H and O–H groups in total. The van der Waals surface area contributed by atoms with Gasteiger partial charge in [0.1, 0.15) is 5.75 Å². The Morgan fingerprint density at radius 2 is 1.76 bits per heavy atom. The van der Waals surface area contributed by atoms with Crippen LogP contribution in [0, 0.1) is 0 Å². The number of nitrogens with two attached hydrogens (primary N) is 1. The number of nitrogens with zero attached hydrogens (tertiary/aromatic N) is 2. The molecule has 3 rings (SSSR count). The summed E-state index contributed by atoms with van der Waals surface area (Å²) < 4.78 is 7.05. The Morgan fingerprint density at radius 3 is 2.38 bits per heavy atom. The molecule has 4 nitrogen and oxygen atoms in total. The van der Waals surface area contributed by atoms with Crippen molar-refractivity contribution >= 4 is 0 Å². The Balaban J connectivity index is 2.03. The van der Waals surface area contributed by atoms with Crippen molar-refractivity contribution in [3.8, 4) is 22.7 Å². The summed E-state index contributed by atoms with van der Waals surface area (Å²) in [7, 11) is 1.66. The molecule has 0 spiro atoms. The summed E-state index contributed by atoms with van der Waals surface area (Å²) in [5.74, 6) is 0.829. The van der Waals surface area contributed by atoms with Gasteiger partial charge >= 0.3 is 0 Å². The van der Waals surface area contributed by atoms with Crippen LogP contribution in [0.15, 0.2) is 60.8 Å². The predicted octanol–water partition coefficient (Wildman–Crippen LogP) is 3.01. The van der Waals surface area contributed by atoms with Gasteiger partial charge in [-0.15, -0.1) is 0 Å². The van der Waals surface area contributed by atoms with E-state index in [1.165, 1.54) is 0 Å². The molecular weight excluding hydrogens is 262 g/mol. The quantitative estimate of drug-likeness (QED) is 0.798. The van der Waals surface area contributed by atoms with Crippen LogP contribution in [-0.4, -0.2) is 16.9 Å². The molecule has 0 unspecified atom stereocenters. The van der Waals surface area contributed by atoms with Gasteiger partial charge in [-0.3, -0.25) is 0 Å². The van der Waals surface area contributed by atoms with Crippen LogP contribution in [-0.2, 0) is 6.54 Å². The van der Waals surface area contributed by atoms with E-state index in [0.717, 1.165) is 28.3 Å². The minimum absolute atomic E-state index is 0.453. The molecular formula is C17H17N3O. The predicted molar refractivity (Wildman–Crippen MR) is 83.4 cm³/mol. The molecule has 1 heterocycles. The van der Waals surface area contributed by atoms with E-state index in [1.807, 2.05) is 65.5 Å². The Bertz CT molecular complexity index is 718. The zero-order valence-corrected chi connectivity index (χ0v) is 11.9. The minimum atomic E-state index is 0.453. The molecule has 1 aromatic heterocycles. The van der Waals surface area contributed by atoms with E-state index in [9.17, 15) is 0 Å². The number of hydrogen-bond donors (Lipinski definition) is 1. The molecule has 0 radical (unpaired) electrons. The van der Waals surface area contributed by atoms with Crippen LogP contribution in [0.3, 0.4) is 0 Å². The van der Waals surface area contributed by atoms with Crippen molar-refractivity contribution in [2.75, 3.05) is 7.11 Å². The van der Waals surface area contributed by atoms with Crippen molar-refractivity contribution in [2.24, 2.45) is 5.73 Å². The lowest BCUT2D eigenvalue weighted by Gasteiger charge is -2.03. The molecule has 0 atom stereocenters. The number of methoxy groups -OCH3 is 1. The highest BCUT2D eigenvalue weighted by molar-refractivity contribution is 5.64. The maximum Gasteiger partial charge on any atom is 0.118 e. The molecule has 0 aliphatic rings. The molecule has 106 valence electrons. The summed E-state index contributed by atoms with van der Waals surface area (Å²) in [4.78, 5) is 0. The van der Waals surface area contributed by atoms with Gasteiger partial charge in [0, 0.05) is 23.9 Å². The lowest BCUT2D eigenvalue weighted by molar-refractivity contribution is 0.415. The number of rotatable bonds is 4. The normalized spacial score (nSPS) is 10.6. The summed E-state index contributed by atoms with van der Waals surface area (Å²) in [5.41, 5.74) is 9.84. The third-order valence-electron chi connectivity index (χ3n) is 3.39. The van der Waals surface area contributed by atoms with E-state index in [1.54, 1.807) is 7.11 Å². The van der Waals surface area contributed by atoms with Crippen molar-refractivity contribution in [2.45, 2.75) is 6.54 Å². The first-order valence-electron chi connectivity index (χ1n) is 6.80. The monoisotopic (exact) mass is 279 g/mol. The average Bonchev–Trinajstić information content (AvgIpc) is 3.00. The molecule has 0 fully saturated rings. The lowest BCUT2D eigenvalue weighted by atomic mass is 10.1. The van der Waals surface area contributed by atoms with E-state index in [-0.39, 0.29) is 0 Å². The van der Waals surface area contributed by atoms with Crippen LogP contribution in [0.5, 0.6) is 5.75 Å². The third-order valence-corrected chi connectivity index (χ3v) is 3.39. The van der Waals surface area contributed by atoms with Gasteiger partial charge in [-0.05, 0) is 36.4 Å². The number of benzene rings is 2. The third kappa shape index (κ3) is 2.66. The molecule has 0 aliphatic heterocycles. The summed E-state index contributed by atoms with van der Waals surface area (Å²) >= 11 is 0. The Labute approximate surface area is 123 Å². The Kier molecular flexibility index (Phi) is 3.71. The molecule has 21 heavy (non-hydrogen) atoms. The summed E-state index contributed by atoms with van der Waals surface area (Å²) in [6, 6.07) is 17.9. The van der Waals surface area contributed by atoms with E-state index >= 15 is 0 Å². The highest BCUT2D eigenvalue weighted by atomic mass is 16.5. The van der Waals surface area contributed by atoms with Gasteiger partial charge in [-0.25, -0.2) is 4.68 Å². The van der Waals surface area contributed by atoms with E-state index < -0.39 is 0 Å². The molecule has 0 saturated heterocycles. The summed E-state index contributed by atoms with van der Waals surface area (Å²) in [6.07, 6.45) is 1.98. The molecule has 4 heteroatoms. The topological polar surface area (TPSA) is 53.1 Å². The Hall–Kier alpha value is -2.59. The van der Waals surface area contributed by atoms with Crippen molar-refractivity contribution in [3.63, 3.8) is 0 Å². The number of ether oxygens (including phenoxy) is 1. The van der Waals surface area contributed by atoms with Crippen LogP contribution in [0.25, 0.3) is 16.9 Å². The van der Waals surface area contributed by atoms with Gasteiger partial charge in [-0.2, -0.15) is 5.10 Å². The van der Waals surface area contributed by atoms with Crippen molar-refractivity contribution in [1.29, 1.82) is 0 Å². The SMILES string of the molecule is COc1ccc(-c2nn(-c3ccccc3)cc2CN)cc1. The molecule has 0 aliphatic carbocycles.